The molecule has 1 aliphatic rings. The van der Waals surface area contributed by atoms with Crippen molar-refractivity contribution in [2.45, 2.75) is 55.0 Å². The maximum Gasteiger partial charge on any atom is 0.243 e. The quantitative estimate of drug-likeness (QED) is 0.376. The summed E-state index contributed by atoms with van der Waals surface area (Å²) >= 11 is 0. The van der Waals surface area contributed by atoms with Crippen LogP contribution < -0.4 is 10.0 Å². The van der Waals surface area contributed by atoms with Gasteiger partial charge in [0.25, 0.3) is 0 Å². The Morgan fingerprint density at radius 2 is 1.26 bits per heavy atom. The molecule has 8 nitrogen and oxygen atoms in total. The number of aryl methyl sites for hydroxylation is 1. The van der Waals surface area contributed by atoms with Gasteiger partial charge in [-0.2, -0.15) is 4.31 Å². The Hall–Kier alpha value is -3.05. The number of amides is 1. The van der Waals surface area contributed by atoms with Crippen LogP contribution in [0.4, 0.5) is 0 Å². The van der Waals surface area contributed by atoms with E-state index in [0.29, 0.717) is 26.1 Å². The first-order valence-corrected chi connectivity index (χ1v) is 15.6. The highest BCUT2D eigenvalue weighted by molar-refractivity contribution is 7.89. The van der Waals surface area contributed by atoms with Crippen LogP contribution in [0.1, 0.15) is 42.4 Å². The maximum atomic E-state index is 12.8. The van der Waals surface area contributed by atoms with Crippen molar-refractivity contribution in [1.29, 1.82) is 0 Å². The lowest BCUT2D eigenvalue weighted by molar-refractivity contribution is -0.121. The fourth-order valence-corrected chi connectivity index (χ4v) is 6.81. The number of hydrogen-bond acceptors (Lipinski definition) is 5. The summed E-state index contributed by atoms with van der Waals surface area (Å²) in [7, 11) is -7.11. The van der Waals surface area contributed by atoms with Crippen molar-refractivity contribution >= 4 is 26.0 Å². The van der Waals surface area contributed by atoms with Crippen LogP contribution in [0.5, 0.6) is 0 Å². The van der Waals surface area contributed by atoms with Gasteiger partial charge in [0.2, 0.25) is 26.0 Å². The number of carbonyl (C=O) groups excluding carboxylic acids is 1. The Labute approximate surface area is 225 Å². The normalized spacial score (nSPS) is 14.7. The minimum absolute atomic E-state index is 0.142. The summed E-state index contributed by atoms with van der Waals surface area (Å²) in [5.41, 5.74) is 2.54. The Bertz CT molecular complexity index is 1420. The van der Waals surface area contributed by atoms with Crippen LogP contribution in [0, 0.1) is 0 Å². The molecule has 202 valence electrons. The Morgan fingerprint density at radius 3 is 1.92 bits per heavy atom. The molecule has 38 heavy (non-hydrogen) atoms. The maximum absolute atomic E-state index is 12.8. The first-order chi connectivity index (χ1) is 18.2. The molecule has 4 rings (SSSR count). The second-order valence-electron chi connectivity index (χ2n) is 9.34. The molecule has 0 spiro atoms. The molecule has 1 amide bonds. The summed E-state index contributed by atoms with van der Waals surface area (Å²) in [5, 5.41) is 2.85. The van der Waals surface area contributed by atoms with E-state index in [2.05, 4.69) is 10.0 Å². The number of nitrogens with zero attached hydrogens (tertiary/aromatic N) is 1. The average molecular weight is 556 g/mol. The minimum Gasteiger partial charge on any atom is -0.352 e. The lowest BCUT2D eigenvalue weighted by Gasteiger charge is -2.25. The van der Waals surface area contributed by atoms with Crippen molar-refractivity contribution in [3.05, 3.63) is 95.6 Å². The molecule has 0 aliphatic carbocycles. The number of rotatable bonds is 11. The van der Waals surface area contributed by atoms with Gasteiger partial charge < -0.3 is 5.32 Å². The number of sulfonamides is 2. The van der Waals surface area contributed by atoms with E-state index in [4.69, 9.17) is 0 Å². The summed E-state index contributed by atoms with van der Waals surface area (Å²) in [6, 6.07) is 22.4. The Kier molecular flexibility index (Phi) is 9.32. The van der Waals surface area contributed by atoms with Crippen molar-refractivity contribution < 1.29 is 21.6 Å². The zero-order valence-corrected chi connectivity index (χ0v) is 22.8. The zero-order valence-electron chi connectivity index (χ0n) is 21.2. The molecule has 1 fully saturated rings. The highest BCUT2D eigenvalue weighted by Gasteiger charge is 2.25. The fraction of sp³-hybridized carbons (Fsp3) is 0.321. The summed E-state index contributed by atoms with van der Waals surface area (Å²) in [6.07, 6.45) is 3.55. The second-order valence-corrected chi connectivity index (χ2v) is 13.0. The van der Waals surface area contributed by atoms with Gasteiger partial charge in [-0.25, -0.2) is 21.6 Å². The van der Waals surface area contributed by atoms with Gasteiger partial charge >= 0.3 is 0 Å². The van der Waals surface area contributed by atoms with Gasteiger partial charge in [0, 0.05) is 32.6 Å². The first kappa shape index (κ1) is 28.0. The summed E-state index contributed by atoms with van der Waals surface area (Å²) in [5.74, 6) is -0.142. The van der Waals surface area contributed by atoms with E-state index >= 15 is 0 Å². The third kappa shape index (κ3) is 7.50. The van der Waals surface area contributed by atoms with Gasteiger partial charge in [-0.05, 0) is 60.2 Å². The van der Waals surface area contributed by atoms with E-state index in [-0.39, 0.29) is 28.7 Å². The molecule has 0 saturated carbocycles. The SMILES string of the molecule is O=C(CCc1ccc(S(=O)(=O)NCc2ccccc2)cc1)NCc1ccc(S(=O)(=O)N2CCCCC2)cc1. The van der Waals surface area contributed by atoms with Crippen molar-refractivity contribution in [2.24, 2.45) is 0 Å². The molecule has 0 unspecified atom stereocenters. The summed E-state index contributed by atoms with van der Waals surface area (Å²) < 4.78 is 54.8. The van der Waals surface area contributed by atoms with Gasteiger partial charge in [0.05, 0.1) is 9.79 Å². The van der Waals surface area contributed by atoms with Gasteiger partial charge in [0.15, 0.2) is 0 Å². The molecule has 0 radical (unpaired) electrons. The van der Waals surface area contributed by atoms with E-state index < -0.39 is 20.0 Å². The van der Waals surface area contributed by atoms with Crippen molar-refractivity contribution in [3.63, 3.8) is 0 Å². The van der Waals surface area contributed by atoms with Crippen LogP contribution in [-0.2, 0) is 44.4 Å². The molecular formula is C28H33N3O5S2. The summed E-state index contributed by atoms with van der Waals surface area (Å²) in [4.78, 5) is 12.8. The standard InChI is InChI=1S/C28H33N3O5S2/c32-28(29-21-25-11-16-27(17-12-25)38(35,36)31-19-5-2-6-20-31)18-13-23-9-14-26(15-10-23)37(33,34)30-22-24-7-3-1-4-8-24/h1,3-4,7-12,14-17,30H,2,5-6,13,18-22H2,(H,29,32). The molecule has 0 bridgehead atoms. The number of hydrogen-bond donors (Lipinski definition) is 2. The number of benzene rings is 3. The zero-order chi connectivity index (χ0) is 27.0. The molecular weight excluding hydrogens is 522 g/mol. The molecule has 1 aliphatic heterocycles. The van der Waals surface area contributed by atoms with Crippen LogP contribution in [0.2, 0.25) is 0 Å². The van der Waals surface area contributed by atoms with Crippen LogP contribution >= 0.6 is 0 Å². The third-order valence-electron chi connectivity index (χ3n) is 6.55. The van der Waals surface area contributed by atoms with Crippen LogP contribution in [-0.4, -0.2) is 40.1 Å². The lowest BCUT2D eigenvalue weighted by atomic mass is 10.1. The fourth-order valence-electron chi connectivity index (χ4n) is 4.27. The van der Waals surface area contributed by atoms with Crippen molar-refractivity contribution in [1.82, 2.24) is 14.3 Å². The van der Waals surface area contributed by atoms with E-state index in [1.807, 2.05) is 30.3 Å². The molecule has 0 atom stereocenters. The molecule has 3 aromatic carbocycles. The van der Waals surface area contributed by atoms with Crippen molar-refractivity contribution in [3.8, 4) is 0 Å². The van der Waals surface area contributed by atoms with E-state index in [9.17, 15) is 21.6 Å². The number of nitrogens with one attached hydrogen (secondary N) is 2. The van der Waals surface area contributed by atoms with Crippen LogP contribution in [0.25, 0.3) is 0 Å². The number of piperidine rings is 1. The van der Waals surface area contributed by atoms with Crippen LogP contribution in [0.15, 0.2) is 88.7 Å². The number of carbonyl (C=O) groups is 1. The van der Waals surface area contributed by atoms with Gasteiger partial charge in [-0.1, -0.05) is 61.0 Å². The predicted octanol–water partition coefficient (Wildman–Crippen LogP) is 3.59. The van der Waals surface area contributed by atoms with E-state index in [1.165, 1.54) is 4.31 Å². The lowest BCUT2D eigenvalue weighted by Crippen LogP contribution is -2.35. The molecule has 3 aromatic rings. The van der Waals surface area contributed by atoms with Gasteiger partial charge in [0.1, 0.15) is 0 Å². The largest absolute Gasteiger partial charge is 0.352 e. The highest BCUT2D eigenvalue weighted by atomic mass is 32.2. The molecule has 1 saturated heterocycles. The molecule has 10 heteroatoms. The average Bonchev–Trinajstić information content (AvgIpc) is 2.95. The highest BCUT2D eigenvalue weighted by Crippen LogP contribution is 2.21. The topological polar surface area (TPSA) is 113 Å². The predicted molar refractivity (Wildman–Crippen MR) is 146 cm³/mol. The third-order valence-corrected chi connectivity index (χ3v) is 9.88. The van der Waals surface area contributed by atoms with Crippen LogP contribution in [0.3, 0.4) is 0 Å². The second kappa shape index (κ2) is 12.7. The molecule has 2 N–H and O–H groups in total. The van der Waals surface area contributed by atoms with E-state index in [0.717, 1.165) is 36.0 Å². The summed E-state index contributed by atoms with van der Waals surface area (Å²) in [6.45, 7) is 1.63. The van der Waals surface area contributed by atoms with Gasteiger partial charge in [-0.15, -0.1) is 0 Å². The minimum atomic E-state index is -3.63. The van der Waals surface area contributed by atoms with Gasteiger partial charge in [-0.3, -0.25) is 4.79 Å². The molecule has 0 aromatic heterocycles. The van der Waals surface area contributed by atoms with Crippen molar-refractivity contribution in [2.75, 3.05) is 13.1 Å². The van der Waals surface area contributed by atoms with E-state index in [1.54, 1.807) is 48.5 Å². The monoisotopic (exact) mass is 555 g/mol. The molecule has 1 heterocycles. The Balaban J connectivity index is 1.23. The first-order valence-electron chi connectivity index (χ1n) is 12.7. The Morgan fingerprint density at radius 1 is 0.684 bits per heavy atom. The smallest absolute Gasteiger partial charge is 0.243 e.